The van der Waals surface area contributed by atoms with Gasteiger partial charge in [-0.05, 0) is 30.2 Å². The van der Waals surface area contributed by atoms with E-state index in [1.807, 2.05) is 30.3 Å². The Bertz CT molecular complexity index is 687. The smallest absolute Gasteiger partial charge is 0.315 e. The lowest BCUT2D eigenvalue weighted by Gasteiger charge is -2.20. The van der Waals surface area contributed by atoms with E-state index in [-0.39, 0.29) is 11.6 Å². The lowest BCUT2D eigenvalue weighted by molar-refractivity contribution is 0.214. The summed E-state index contributed by atoms with van der Waals surface area (Å²) in [6.07, 6.45) is 0. The van der Waals surface area contributed by atoms with E-state index >= 15 is 0 Å². The lowest BCUT2D eigenvalue weighted by Crippen LogP contribution is -2.40. The Morgan fingerprint density at radius 3 is 2.17 bits per heavy atom. The molecule has 0 heterocycles. The molecule has 0 fully saturated rings. The predicted molar refractivity (Wildman–Crippen MR) is 82.7 cm³/mol. The van der Waals surface area contributed by atoms with Gasteiger partial charge in [-0.2, -0.15) is 0 Å². The van der Waals surface area contributed by atoms with Crippen LogP contribution >= 0.6 is 0 Å². The second-order valence-corrected chi connectivity index (χ2v) is 5.28. The zero-order valence-corrected chi connectivity index (χ0v) is 12.9. The fraction of sp³-hybridized carbons (Fsp3) is 0.235. The molecule has 4 nitrogen and oxygen atoms in total. The quantitative estimate of drug-likeness (QED) is 0.733. The summed E-state index contributed by atoms with van der Waals surface area (Å²) < 4.78 is 39.5. The van der Waals surface area contributed by atoms with Crippen LogP contribution in [0.15, 0.2) is 42.5 Å². The van der Waals surface area contributed by atoms with E-state index < -0.39 is 36.1 Å². The van der Waals surface area contributed by atoms with Crippen molar-refractivity contribution >= 4 is 6.03 Å². The molecule has 2 aromatic rings. The summed E-state index contributed by atoms with van der Waals surface area (Å²) >= 11 is 0. The minimum atomic E-state index is -1.60. The Labute approximate surface area is 137 Å². The van der Waals surface area contributed by atoms with Gasteiger partial charge in [-0.1, -0.05) is 30.3 Å². The number of rotatable bonds is 5. The van der Waals surface area contributed by atoms with Crippen LogP contribution in [0.5, 0.6) is 0 Å². The Morgan fingerprint density at radius 1 is 1.04 bits per heavy atom. The number of carbonyl (C=O) groups excluding carboxylic acids is 1. The van der Waals surface area contributed by atoms with E-state index in [4.69, 9.17) is 0 Å². The zero-order valence-electron chi connectivity index (χ0n) is 12.9. The summed E-state index contributed by atoms with van der Waals surface area (Å²) in [5.41, 5.74) is 0.795. The van der Waals surface area contributed by atoms with Gasteiger partial charge in [0.25, 0.3) is 0 Å². The monoisotopic (exact) mass is 338 g/mol. The molecular formula is C17H17F3N2O2. The van der Waals surface area contributed by atoms with E-state index in [1.165, 1.54) is 0 Å². The van der Waals surface area contributed by atoms with E-state index in [9.17, 15) is 23.1 Å². The molecule has 24 heavy (non-hydrogen) atoms. The molecule has 128 valence electrons. The van der Waals surface area contributed by atoms with Gasteiger partial charge in [-0.15, -0.1) is 0 Å². The number of aliphatic hydroxyl groups excluding tert-OH is 1. The van der Waals surface area contributed by atoms with Crippen molar-refractivity contribution < 1.29 is 23.1 Å². The SMILES string of the molecule is CC(NC(=O)NC(CO)c1cc(F)c(F)c(F)c1)c1ccccc1. The average molecular weight is 338 g/mol. The first-order valence-corrected chi connectivity index (χ1v) is 7.29. The van der Waals surface area contributed by atoms with E-state index in [1.54, 1.807) is 6.92 Å². The third-order valence-corrected chi connectivity index (χ3v) is 3.54. The van der Waals surface area contributed by atoms with Crippen molar-refractivity contribution in [1.29, 1.82) is 0 Å². The molecule has 2 rings (SSSR count). The Hall–Kier alpha value is -2.54. The van der Waals surface area contributed by atoms with Gasteiger partial charge in [0.2, 0.25) is 0 Å². The van der Waals surface area contributed by atoms with Crippen LogP contribution in [0.2, 0.25) is 0 Å². The van der Waals surface area contributed by atoms with Gasteiger partial charge in [0.05, 0.1) is 18.7 Å². The molecule has 0 bridgehead atoms. The van der Waals surface area contributed by atoms with Crippen LogP contribution in [-0.2, 0) is 0 Å². The largest absolute Gasteiger partial charge is 0.394 e. The summed E-state index contributed by atoms with van der Waals surface area (Å²) in [5.74, 6) is -4.37. The third-order valence-electron chi connectivity index (χ3n) is 3.54. The van der Waals surface area contributed by atoms with E-state index in [0.717, 1.165) is 17.7 Å². The molecule has 3 N–H and O–H groups in total. The number of amides is 2. The van der Waals surface area contributed by atoms with Gasteiger partial charge in [-0.3, -0.25) is 0 Å². The van der Waals surface area contributed by atoms with Crippen molar-refractivity contribution in [2.75, 3.05) is 6.61 Å². The van der Waals surface area contributed by atoms with Crippen LogP contribution in [0.25, 0.3) is 0 Å². The predicted octanol–water partition coefficient (Wildman–Crippen LogP) is 3.20. The third kappa shape index (κ3) is 4.26. The van der Waals surface area contributed by atoms with Gasteiger partial charge in [0.1, 0.15) is 0 Å². The number of aliphatic hydroxyl groups is 1. The molecule has 0 radical (unpaired) electrons. The zero-order chi connectivity index (χ0) is 17.7. The van der Waals surface area contributed by atoms with Crippen LogP contribution in [0.4, 0.5) is 18.0 Å². The highest BCUT2D eigenvalue weighted by Crippen LogP contribution is 2.19. The highest BCUT2D eigenvalue weighted by Gasteiger charge is 2.19. The highest BCUT2D eigenvalue weighted by atomic mass is 19.2. The van der Waals surface area contributed by atoms with E-state index in [2.05, 4.69) is 10.6 Å². The van der Waals surface area contributed by atoms with Crippen LogP contribution in [-0.4, -0.2) is 17.7 Å². The van der Waals surface area contributed by atoms with Crippen LogP contribution in [0.1, 0.15) is 30.1 Å². The van der Waals surface area contributed by atoms with Gasteiger partial charge in [0, 0.05) is 0 Å². The van der Waals surface area contributed by atoms with Crippen LogP contribution in [0.3, 0.4) is 0 Å². The number of benzene rings is 2. The normalized spacial score (nSPS) is 13.2. The summed E-state index contributed by atoms with van der Waals surface area (Å²) in [6.45, 7) is 1.16. The number of halogens is 3. The van der Waals surface area contributed by atoms with Gasteiger partial charge >= 0.3 is 6.03 Å². The van der Waals surface area contributed by atoms with E-state index in [0.29, 0.717) is 0 Å². The van der Waals surface area contributed by atoms with Crippen molar-refractivity contribution in [2.45, 2.75) is 19.0 Å². The van der Waals surface area contributed by atoms with Crippen molar-refractivity contribution in [3.8, 4) is 0 Å². The topological polar surface area (TPSA) is 61.4 Å². The first kappa shape index (κ1) is 17.8. The Kier molecular flexibility index (Phi) is 5.81. The maximum atomic E-state index is 13.3. The summed E-state index contributed by atoms with van der Waals surface area (Å²) in [4.78, 5) is 12.0. The molecule has 0 aliphatic carbocycles. The van der Waals surface area contributed by atoms with Crippen molar-refractivity contribution in [3.05, 3.63) is 71.0 Å². The molecule has 0 saturated heterocycles. The number of nitrogens with one attached hydrogen (secondary N) is 2. The summed E-state index contributed by atoms with van der Waals surface area (Å²) in [5, 5.41) is 14.4. The van der Waals surface area contributed by atoms with Gasteiger partial charge < -0.3 is 15.7 Å². The highest BCUT2D eigenvalue weighted by molar-refractivity contribution is 5.75. The maximum absolute atomic E-state index is 13.3. The first-order chi connectivity index (χ1) is 11.4. The minimum absolute atomic E-state index is 0.0728. The van der Waals surface area contributed by atoms with Crippen molar-refractivity contribution in [1.82, 2.24) is 10.6 Å². The molecule has 0 aromatic heterocycles. The average Bonchev–Trinajstić information content (AvgIpc) is 2.57. The standard InChI is InChI=1S/C17H17F3N2O2/c1-10(11-5-3-2-4-6-11)21-17(24)22-15(9-23)12-7-13(18)16(20)14(19)8-12/h2-8,10,15,23H,9H2,1H3,(H2,21,22,24). The molecular weight excluding hydrogens is 321 g/mol. The fourth-order valence-corrected chi connectivity index (χ4v) is 2.23. The second kappa shape index (κ2) is 7.83. The van der Waals surface area contributed by atoms with Crippen LogP contribution < -0.4 is 10.6 Å². The van der Waals surface area contributed by atoms with Crippen LogP contribution in [0, 0.1) is 17.5 Å². The maximum Gasteiger partial charge on any atom is 0.315 e. The second-order valence-electron chi connectivity index (χ2n) is 5.28. The molecule has 0 saturated carbocycles. The molecule has 0 aliphatic rings. The Morgan fingerprint density at radius 2 is 1.62 bits per heavy atom. The molecule has 2 unspecified atom stereocenters. The summed E-state index contributed by atoms with van der Waals surface area (Å²) in [6, 6.07) is 8.62. The lowest BCUT2D eigenvalue weighted by atomic mass is 10.1. The fourth-order valence-electron chi connectivity index (χ4n) is 2.23. The molecule has 2 amide bonds. The number of hydrogen-bond donors (Lipinski definition) is 3. The number of hydrogen-bond acceptors (Lipinski definition) is 2. The van der Waals surface area contributed by atoms with Gasteiger partial charge in [0.15, 0.2) is 17.5 Å². The molecule has 7 heteroatoms. The molecule has 2 atom stereocenters. The van der Waals surface area contributed by atoms with Crippen molar-refractivity contribution in [3.63, 3.8) is 0 Å². The molecule has 0 spiro atoms. The van der Waals surface area contributed by atoms with Gasteiger partial charge in [-0.25, -0.2) is 18.0 Å². The number of carbonyl (C=O) groups is 1. The number of urea groups is 1. The minimum Gasteiger partial charge on any atom is -0.394 e. The molecule has 0 aliphatic heterocycles. The first-order valence-electron chi connectivity index (χ1n) is 7.29. The summed E-state index contributed by atoms with van der Waals surface area (Å²) in [7, 11) is 0. The Balaban J connectivity index is 2.06. The molecule has 2 aromatic carbocycles. The van der Waals surface area contributed by atoms with Crippen molar-refractivity contribution in [2.24, 2.45) is 0 Å².